The topological polar surface area (TPSA) is 77.1 Å². The minimum Gasteiger partial charge on any atom is -0.461 e. The number of ether oxygens (including phenoxy) is 3. The molecule has 8 heteroatoms. The summed E-state index contributed by atoms with van der Waals surface area (Å²) in [5.41, 5.74) is 1.93. The van der Waals surface area contributed by atoms with Gasteiger partial charge in [0, 0.05) is 23.2 Å². The number of halogens is 1. The highest BCUT2D eigenvalue weighted by Gasteiger charge is 2.14. The van der Waals surface area contributed by atoms with E-state index in [-0.39, 0.29) is 12.6 Å². The van der Waals surface area contributed by atoms with E-state index in [0.29, 0.717) is 37.6 Å². The molecule has 0 bridgehead atoms. The van der Waals surface area contributed by atoms with Crippen LogP contribution < -0.4 is 5.32 Å². The average molecular weight is 510 g/mol. The van der Waals surface area contributed by atoms with Gasteiger partial charge in [-0.2, -0.15) is 0 Å². The first kappa shape index (κ1) is 21.5. The van der Waals surface area contributed by atoms with Gasteiger partial charge in [0.05, 0.1) is 24.5 Å². The van der Waals surface area contributed by atoms with Crippen LogP contribution in [0.1, 0.15) is 15.9 Å². The van der Waals surface area contributed by atoms with E-state index in [2.05, 4.69) is 32.8 Å². The van der Waals surface area contributed by atoms with Gasteiger partial charge in [0.25, 0.3) is 0 Å². The molecule has 0 spiro atoms. The standard InChI is InChI=1S/C21H23IN2O5/c22-18-14-17(20(25)28-13-10-24-8-11-27-12-9-24)6-7-19(18)23-21(26)29-15-16-4-2-1-3-5-16/h1-7,14H,8-13,15H2,(H,23,26). The number of anilines is 1. The number of carbonyl (C=O) groups excluding carboxylic acids is 2. The fourth-order valence-corrected chi connectivity index (χ4v) is 3.44. The van der Waals surface area contributed by atoms with Crippen molar-refractivity contribution in [1.29, 1.82) is 0 Å². The van der Waals surface area contributed by atoms with Crippen LogP contribution in [0.2, 0.25) is 0 Å². The molecule has 1 heterocycles. The van der Waals surface area contributed by atoms with Crippen molar-refractivity contribution in [2.75, 3.05) is 44.8 Å². The molecule has 0 saturated carbocycles. The molecule has 3 rings (SSSR count). The van der Waals surface area contributed by atoms with Gasteiger partial charge in [0.2, 0.25) is 0 Å². The highest BCUT2D eigenvalue weighted by Crippen LogP contribution is 2.20. The lowest BCUT2D eigenvalue weighted by molar-refractivity contribution is 0.0195. The Kier molecular flexibility index (Phi) is 8.26. The summed E-state index contributed by atoms with van der Waals surface area (Å²) in [6.45, 7) is 4.37. The molecule has 0 radical (unpaired) electrons. The smallest absolute Gasteiger partial charge is 0.411 e. The Balaban J connectivity index is 1.45. The van der Waals surface area contributed by atoms with Gasteiger partial charge in [0.15, 0.2) is 0 Å². The minimum absolute atomic E-state index is 0.191. The van der Waals surface area contributed by atoms with E-state index in [1.54, 1.807) is 18.2 Å². The maximum Gasteiger partial charge on any atom is 0.411 e. The summed E-state index contributed by atoms with van der Waals surface area (Å²) < 4.78 is 16.6. The summed E-state index contributed by atoms with van der Waals surface area (Å²) in [5, 5.41) is 2.69. The molecule has 1 fully saturated rings. The molecule has 154 valence electrons. The van der Waals surface area contributed by atoms with Crippen molar-refractivity contribution >= 4 is 40.3 Å². The van der Waals surface area contributed by atoms with E-state index in [9.17, 15) is 9.59 Å². The van der Waals surface area contributed by atoms with Gasteiger partial charge in [-0.25, -0.2) is 9.59 Å². The van der Waals surface area contributed by atoms with Crippen molar-refractivity contribution in [2.24, 2.45) is 0 Å². The normalized spacial score (nSPS) is 14.2. The second kappa shape index (κ2) is 11.1. The molecular formula is C21H23IN2O5. The summed E-state index contributed by atoms with van der Waals surface area (Å²) >= 11 is 2.07. The number of esters is 1. The molecule has 29 heavy (non-hydrogen) atoms. The van der Waals surface area contributed by atoms with Crippen molar-refractivity contribution in [3.05, 3.63) is 63.2 Å². The Morgan fingerprint density at radius 1 is 1.07 bits per heavy atom. The van der Waals surface area contributed by atoms with Gasteiger partial charge >= 0.3 is 12.1 Å². The number of morpholine rings is 1. The van der Waals surface area contributed by atoms with E-state index in [0.717, 1.165) is 22.2 Å². The number of rotatable bonds is 7. The number of carbonyl (C=O) groups is 2. The molecule has 0 aliphatic carbocycles. The number of benzene rings is 2. The maximum atomic E-state index is 12.3. The predicted molar refractivity (Wildman–Crippen MR) is 117 cm³/mol. The first-order valence-corrected chi connectivity index (χ1v) is 10.4. The monoisotopic (exact) mass is 510 g/mol. The third kappa shape index (κ3) is 6.98. The van der Waals surface area contributed by atoms with Crippen LogP contribution in [-0.4, -0.2) is 56.4 Å². The molecule has 0 atom stereocenters. The van der Waals surface area contributed by atoms with Gasteiger partial charge in [-0.15, -0.1) is 0 Å². The third-order valence-corrected chi connectivity index (χ3v) is 5.29. The number of hydrogen-bond acceptors (Lipinski definition) is 6. The lowest BCUT2D eigenvalue weighted by Gasteiger charge is -2.26. The Bertz CT molecular complexity index is 825. The van der Waals surface area contributed by atoms with Crippen LogP contribution >= 0.6 is 22.6 Å². The quantitative estimate of drug-likeness (QED) is 0.454. The molecule has 0 aromatic heterocycles. The third-order valence-electron chi connectivity index (χ3n) is 4.40. The Morgan fingerprint density at radius 3 is 2.55 bits per heavy atom. The highest BCUT2D eigenvalue weighted by atomic mass is 127. The first-order chi connectivity index (χ1) is 14.1. The lowest BCUT2D eigenvalue weighted by Crippen LogP contribution is -2.38. The largest absolute Gasteiger partial charge is 0.461 e. The van der Waals surface area contributed by atoms with Crippen LogP contribution in [0.25, 0.3) is 0 Å². The molecule has 1 N–H and O–H groups in total. The molecule has 0 unspecified atom stereocenters. The number of hydrogen-bond donors (Lipinski definition) is 1. The Hall–Kier alpha value is -2.17. The van der Waals surface area contributed by atoms with E-state index >= 15 is 0 Å². The summed E-state index contributed by atoms with van der Waals surface area (Å²) in [5.74, 6) is -0.380. The van der Waals surface area contributed by atoms with Crippen molar-refractivity contribution < 1.29 is 23.8 Å². The summed E-state index contributed by atoms with van der Waals surface area (Å²) in [7, 11) is 0. The van der Waals surface area contributed by atoms with E-state index < -0.39 is 6.09 Å². The molecular weight excluding hydrogens is 487 g/mol. The van der Waals surface area contributed by atoms with E-state index in [1.807, 2.05) is 30.3 Å². The highest BCUT2D eigenvalue weighted by molar-refractivity contribution is 14.1. The van der Waals surface area contributed by atoms with Crippen LogP contribution in [-0.2, 0) is 20.8 Å². The van der Waals surface area contributed by atoms with Crippen LogP contribution in [0.15, 0.2) is 48.5 Å². The number of amides is 1. The summed E-state index contributed by atoms with van der Waals surface area (Å²) in [6, 6.07) is 14.4. The van der Waals surface area contributed by atoms with Crippen molar-refractivity contribution in [3.8, 4) is 0 Å². The SMILES string of the molecule is O=C(Nc1ccc(C(=O)OCCN2CCOCC2)cc1I)OCc1ccccc1. The van der Waals surface area contributed by atoms with Gasteiger partial charge in [-0.1, -0.05) is 30.3 Å². The zero-order valence-electron chi connectivity index (χ0n) is 15.9. The second-order valence-electron chi connectivity index (χ2n) is 6.47. The molecule has 1 aliphatic heterocycles. The van der Waals surface area contributed by atoms with E-state index in [1.165, 1.54) is 0 Å². The second-order valence-corrected chi connectivity index (χ2v) is 7.63. The van der Waals surface area contributed by atoms with Crippen LogP contribution in [0.3, 0.4) is 0 Å². The lowest BCUT2D eigenvalue weighted by atomic mass is 10.2. The molecule has 7 nitrogen and oxygen atoms in total. The van der Waals surface area contributed by atoms with Gasteiger partial charge in [0.1, 0.15) is 13.2 Å². The van der Waals surface area contributed by atoms with Gasteiger partial charge < -0.3 is 14.2 Å². The Labute approximate surface area is 183 Å². The maximum absolute atomic E-state index is 12.3. The molecule has 1 saturated heterocycles. The first-order valence-electron chi connectivity index (χ1n) is 9.36. The summed E-state index contributed by atoms with van der Waals surface area (Å²) in [6.07, 6.45) is -0.549. The van der Waals surface area contributed by atoms with Crippen molar-refractivity contribution in [3.63, 3.8) is 0 Å². The zero-order chi connectivity index (χ0) is 20.5. The molecule has 1 aliphatic rings. The molecule has 2 aromatic carbocycles. The molecule has 2 aromatic rings. The zero-order valence-corrected chi connectivity index (χ0v) is 18.1. The Morgan fingerprint density at radius 2 is 1.83 bits per heavy atom. The van der Waals surface area contributed by atoms with Crippen LogP contribution in [0.4, 0.5) is 10.5 Å². The fourth-order valence-electron chi connectivity index (χ4n) is 2.79. The van der Waals surface area contributed by atoms with Crippen molar-refractivity contribution in [2.45, 2.75) is 6.61 Å². The minimum atomic E-state index is -0.549. The predicted octanol–water partition coefficient (Wildman–Crippen LogP) is 3.53. The van der Waals surface area contributed by atoms with Gasteiger partial charge in [-0.05, 0) is 46.4 Å². The molecule has 1 amide bonds. The number of nitrogens with zero attached hydrogens (tertiary/aromatic N) is 1. The average Bonchev–Trinajstić information content (AvgIpc) is 2.75. The van der Waals surface area contributed by atoms with Crippen LogP contribution in [0, 0.1) is 3.57 Å². The van der Waals surface area contributed by atoms with E-state index in [4.69, 9.17) is 14.2 Å². The number of nitrogens with one attached hydrogen (secondary N) is 1. The van der Waals surface area contributed by atoms with Gasteiger partial charge in [-0.3, -0.25) is 10.2 Å². The fraction of sp³-hybridized carbons (Fsp3) is 0.333. The van der Waals surface area contributed by atoms with Crippen LogP contribution in [0.5, 0.6) is 0 Å². The summed E-state index contributed by atoms with van der Waals surface area (Å²) in [4.78, 5) is 26.5. The van der Waals surface area contributed by atoms with Crippen molar-refractivity contribution in [1.82, 2.24) is 4.90 Å².